The molecule has 0 fully saturated rings. The van der Waals surface area contributed by atoms with Gasteiger partial charge in [0.15, 0.2) is 12.1 Å². The first-order chi connectivity index (χ1) is 9.87. The van der Waals surface area contributed by atoms with E-state index in [0.717, 1.165) is 24.4 Å². The molecule has 0 radical (unpaired) electrons. The number of carbonyl (C=O) groups is 1. The predicted molar refractivity (Wildman–Crippen MR) is 63.8 cm³/mol. The van der Waals surface area contributed by atoms with Crippen molar-refractivity contribution in [1.29, 1.82) is 0 Å². The predicted octanol–water partition coefficient (Wildman–Crippen LogP) is 3.07. The van der Waals surface area contributed by atoms with Crippen LogP contribution in [0.25, 0.3) is 0 Å². The summed E-state index contributed by atoms with van der Waals surface area (Å²) in [6.07, 6.45) is -3.51. The van der Waals surface area contributed by atoms with Crippen molar-refractivity contribution in [2.75, 3.05) is 5.32 Å². The van der Waals surface area contributed by atoms with Gasteiger partial charge in [-0.2, -0.15) is 0 Å². The highest BCUT2D eigenvalue weighted by molar-refractivity contribution is 5.73. The average Bonchev–Trinajstić information content (AvgIpc) is 2.39. The second-order valence-electron chi connectivity index (χ2n) is 3.73. The Balaban J connectivity index is 2.20. The van der Waals surface area contributed by atoms with Crippen LogP contribution in [0.2, 0.25) is 0 Å². The Morgan fingerprint density at radius 3 is 2.62 bits per heavy atom. The fourth-order valence-corrected chi connectivity index (χ4v) is 1.42. The number of hydrogen-bond acceptors (Lipinski definition) is 5. The van der Waals surface area contributed by atoms with E-state index in [4.69, 9.17) is 0 Å². The molecule has 0 saturated carbocycles. The van der Waals surface area contributed by atoms with Crippen molar-refractivity contribution in [3.05, 3.63) is 42.0 Å². The number of nitrogens with zero attached hydrogens (tertiary/aromatic N) is 2. The van der Waals surface area contributed by atoms with Crippen LogP contribution in [0.5, 0.6) is 5.75 Å². The summed E-state index contributed by atoms with van der Waals surface area (Å²) in [6.45, 7) is 0. The molecule has 0 aromatic carbocycles. The molecule has 0 atom stereocenters. The lowest BCUT2D eigenvalue weighted by Crippen LogP contribution is -2.17. The van der Waals surface area contributed by atoms with E-state index >= 15 is 0 Å². The summed E-state index contributed by atoms with van der Waals surface area (Å²) in [5.74, 6) is -1.24. The molecule has 5 nitrogen and oxygen atoms in total. The van der Waals surface area contributed by atoms with Crippen molar-refractivity contribution >= 4 is 17.9 Å². The Morgan fingerprint density at radius 1 is 1.19 bits per heavy atom. The maximum atomic E-state index is 13.1. The molecule has 9 heteroatoms. The molecule has 2 aromatic heterocycles. The monoisotopic (exact) mass is 301 g/mol. The average molecular weight is 301 g/mol. The van der Waals surface area contributed by atoms with Crippen molar-refractivity contribution in [2.45, 2.75) is 6.36 Å². The van der Waals surface area contributed by atoms with E-state index in [0.29, 0.717) is 0 Å². The molecule has 21 heavy (non-hydrogen) atoms. The van der Waals surface area contributed by atoms with Crippen molar-refractivity contribution in [1.82, 2.24) is 9.97 Å². The summed E-state index contributed by atoms with van der Waals surface area (Å²) >= 11 is 0. The van der Waals surface area contributed by atoms with Gasteiger partial charge in [-0.3, -0.25) is 4.79 Å². The smallest absolute Gasteiger partial charge is 0.406 e. The number of aldehydes is 1. The molecule has 0 aliphatic heterocycles. The second-order valence-corrected chi connectivity index (χ2v) is 3.73. The maximum absolute atomic E-state index is 13.1. The lowest BCUT2D eigenvalue weighted by atomic mass is 10.3. The Morgan fingerprint density at radius 2 is 1.95 bits per heavy atom. The number of halogens is 4. The zero-order valence-electron chi connectivity index (χ0n) is 10.2. The minimum Gasteiger partial charge on any atom is -0.406 e. The lowest BCUT2D eigenvalue weighted by Gasteiger charge is -2.10. The number of alkyl halides is 3. The molecule has 2 rings (SSSR count). The lowest BCUT2D eigenvalue weighted by molar-refractivity contribution is -0.274. The molecule has 110 valence electrons. The van der Waals surface area contributed by atoms with Gasteiger partial charge < -0.3 is 10.1 Å². The summed E-state index contributed by atoms with van der Waals surface area (Å²) in [4.78, 5) is 17.9. The van der Waals surface area contributed by atoms with Gasteiger partial charge in [0.05, 0.1) is 0 Å². The third-order valence-electron chi connectivity index (χ3n) is 2.21. The molecule has 0 aliphatic carbocycles. The van der Waals surface area contributed by atoms with E-state index in [1.807, 2.05) is 0 Å². The number of carbonyl (C=O) groups excluding carboxylic acids is 1. The third kappa shape index (κ3) is 4.13. The topological polar surface area (TPSA) is 64.1 Å². The molecule has 0 spiro atoms. The van der Waals surface area contributed by atoms with Gasteiger partial charge in [-0.25, -0.2) is 14.4 Å². The number of ether oxygens (including phenoxy) is 1. The summed E-state index contributed by atoms with van der Waals surface area (Å²) < 4.78 is 53.1. The minimum atomic E-state index is -4.82. The highest BCUT2D eigenvalue weighted by atomic mass is 19.4. The van der Waals surface area contributed by atoms with Gasteiger partial charge >= 0.3 is 6.36 Å². The minimum absolute atomic E-state index is 0.00675. The van der Waals surface area contributed by atoms with Crippen LogP contribution >= 0.6 is 0 Å². The summed E-state index contributed by atoms with van der Waals surface area (Å²) in [5, 5.41) is 2.54. The summed E-state index contributed by atoms with van der Waals surface area (Å²) in [7, 11) is 0. The van der Waals surface area contributed by atoms with E-state index in [2.05, 4.69) is 20.0 Å². The van der Waals surface area contributed by atoms with Crippen LogP contribution in [0.1, 0.15) is 10.5 Å². The number of pyridine rings is 2. The maximum Gasteiger partial charge on any atom is 0.573 e. The molecule has 0 aliphatic rings. The van der Waals surface area contributed by atoms with Gasteiger partial charge in [0, 0.05) is 12.3 Å². The van der Waals surface area contributed by atoms with Crippen LogP contribution in [-0.4, -0.2) is 22.6 Å². The molecule has 1 N–H and O–H groups in total. The van der Waals surface area contributed by atoms with Gasteiger partial charge in [-0.15, -0.1) is 13.2 Å². The number of aromatic nitrogens is 2. The van der Waals surface area contributed by atoms with E-state index < -0.39 is 23.6 Å². The van der Waals surface area contributed by atoms with Crippen molar-refractivity contribution < 1.29 is 27.1 Å². The van der Waals surface area contributed by atoms with Crippen LogP contribution in [0, 0.1) is 5.82 Å². The van der Waals surface area contributed by atoms with E-state index in [-0.39, 0.29) is 17.9 Å². The van der Waals surface area contributed by atoms with E-state index in [1.165, 1.54) is 6.07 Å². The fourth-order valence-electron chi connectivity index (χ4n) is 1.42. The highest BCUT2D eigenvalue weighted by Gasteiger charge is 2.31. The standard InChI is InChI=1S/C12H7F4N3O2/c13-8-1-2-10(18-9(8)6-20)19-11-5-7(3-4-17-11)21-12(14,15)16/h1-6H,(H,17,18,19). The van der Waals surface area contributed by atoms with Gasteiger partial charge in [0.2, 0.25) is 0 Å². The SMILES string of the molecule is O=Cc1nc(Nc2cc(OC(F)(F)F)ccn2)ccc1F. The molecule has 0 amide bonds. The number of anilines is 2. The largest absolute Gasteiger partial charge is 0.573 e. The normalized spacial score (nSPS) is 11.0. The molecule has 0 saturated heterocycles. The van der Waals surface area contributed by atoms with Crippen molar-refractivity contribution in [3.63, 3.8) is 0 Å². The van der Waals surface area contributed by atoms with Gasteiger partial charge in [0.1, 0.15) is 23.1 Å². The molecule has 0 bridgehead atoms. The number of rotatable bonds is 4. The molecule has 2 aromatic rings. The number of hydrogen-bond donors (Lipinski definition) is 1. The van der Waals surface area contributed by atoms with Crippen LogP contribution in [0.3, 0.4) is 0 Å². The van der Waals surface area contributed by atoms with Crippen LogP contribution in [0.4, 0.5) is 29.2 Å². The van der Waals surface area contributed by atoms with Crippen molar-refractivity contribution in [3.8, 4) is 5.75 Å². The Hall–Kier alpha value is -2.71. The Kier molecular flexibility index (Phi) is 4.01. The first kappa shape index (κ1) is 14.7. The third-order valence-corrected chi connectivity index (χ3v) is 2.21. The Bertz CT molecular complexity index is 661. The number of nitrogens with one attached hydrogen (secondary N) is 1. The fraction of sp³-hybridized carbons (Fsp3) is 0.0833. The van der Waals surface area contributed by atoms with Crippen LogP contribution in [-0.2, 0) is 0 Å². The molecule has 2 heterocycles. The molecule has 0 unspecified atom stereocenters. The summed E-state index contributed by atoms with van der Waals surface area (Å²) in [6, 6.07) is 4.21. The van der Waals surface area contributed by atoms with E-state index in [1.54, 1.807) is 0 Å². The Labute approximate surface area is 115 Å². The summed E-state index contributed by atoms with van der Waals surface area (Å²) in [5.41, 5.74) is -0.428. The van der Waals surface area contributed by atoms with Gasteiger partial charge in [-0.05, 0) is 18.2 Å². The van der Waals surface area contributed by atoms with E-state index in [9.17, 15) is 22.4 Å². The zero-order chi connectivity index (χ0) is 15.5. The second kappa shape index (κ2) is 5.73. The van der Waals surface area contributed by atoms with Gasteiger partial charge in [0.25, 0.3) is 0 Å². The molecular formula is C12H7F4N3O2. The zero-order valence-corrected chi connectivity index (χ0v) is 10.2. The van der Waals surface area contributed by atoms with Gasteiger partial charge in [-0.1, -0.05) is 0 Å². The quantitative estimate of drug-likeness (QED) is 0.694. The first-order valence-corrected chi connectivity index (χ1v) is 5.48. The highest BCUT2D eigenvalue weighted by Crippen LogP contribution is 2.25. The first-order valence-electron chi connectivity index (χ1n) is 5.48. The van der Waals surface area contributed by atoms with Crippen LogP contribution in [0.15, 0.2) is 30.5 Å². The van der Waals surface area contributed by atoms with Crippen LogP contribution < -0.4 is 10.1 Å². The van der Waals surface area contributed by atoms with Crippen molar-refractivity contribution in [2.24, 2.45) is 0 Å². The molecular weight excluding hydrogens is 294 g/mol.